The van der Waals surface area contributed by atoms with Crippen molar-refractivity contribution in [2.45, 2.75) is 51.3 Å². The lowest BCUT2D eigenvalue weighted by atomic mass is 10.0. The molecule has 1 aromatic carbocycles. The van der Waals surface area contributed by atoms with E-state index >= 15 is 0 Å². The van der Waals surface area contributed by atoms with Crippen LogP contribution in [0.25, 0.3) is 0 Å². The van der Waals surface area contributed by atoms with Crippen molar-refractivity contribution < 1.29 is 19.1 Å². The second kappa shape index (κ2) is 9.50. The first kappa shape index (κ1) is 22.6. The number of hydrogen-bond donors (Lipinski definition) is 1. The number of esters is 1. The lowest BCUT2D eigenvalue weighted by Gasteiger charge is -2.31. The maximum Gasteiger partial charge on any atom is 0.308 e. The summed E-state index contributed by atoms with van der Waals surface area (Å²) in [6.07, 6.45) is 0.119. The summed E-state index contributed by atoms with van der Waals surface area (Å²) in [5.74, 6) is -1.30. The molecule has 2 amide bonds. The first-order valence-electron chi connectivity index (χ1n) is 8.91. The van der Waals surface area contributed by atoms with Crippen molar-refractivity contribution in [1.82, 2.24) is 9.80 Å². The van der Waals surface area contributed by atoms with Crippen LogP contribution >= 0.6 is 0 Å². The molecule has 0 spiro atoms. The number of nitrogens with two attached hydrogens (primary N) is 1. The standard InChI is InChI=1S/C20H31N3O4/c1-20(2,3)27-17(24)13-16(19(26)22(4)5)23(6)18(25)15(21)12-14-10-8-7-9-11-14/h7-11,15-16H,12-13,21H2,1-6H3/t15-,16-/m0/s1. The number of carbonyl (C=O) groups is 3. The van der Waals surface area contributed by atoms with E-state index < -0.39 is 29.6 Å². The Morgan fingerprint density at radius 1 is 1.04 bits per heavy atom. The van der Waals surface area contributed by atoms with Gasteiger partial charge in [0, 0.05) is 21.1 Å². The predicted molar refractivity (Wildman–Crippen MR) is 104 cm³/mol. The van der Waals surface area contributed by atoms with Crippen molar-refractivity contribution in [3.05, 3.63) is 35.9 Å². The molecule has 2 atom stereocenters. The molecule has 27 heavy (non-hydrogen) atoms. The zero-order valence-corrected chi connectivity index (χ0v) is 17.1. The number of hydrogen-bond acceptors (Lipinski definition) is 5. The van der Waals surface area contributed by atoms with E-state index in [2.05, 4.69) is 0 Å². The number of carbonyl (C=O) groups excluding carboxylic acids is 3. The molecule has 0 radical (unpaired) electrons. The van der Waals surface area contributed by atoms with Gasteiger partial charge in [0.15, 0.2) is 0 Å². The largest absolute Gasteiger partial charge is 0.460 e. The Hall–Kier alpha value is -2.41. The lowest BCUT2D eigenvalue weighted by molar-refractivity contribution is -0.159. The number of rotatable bonds is 7. The topological polar surface area (TPSA) is 92.9 Å². The molecular weight excluding hydrogens is 346 g/mol. The molecule has 1 rings (SSSR count). The maximum absolute atomic E-state index is 12.8. The van der Waals surface area contributed by atoms with Crippen LogP contribution in [0.1, 0.15) is 32.8 Å². The van der Waals surface area contributed by atoms with Gasteiger partial charge in [-0.25, -0.2) is 0 Å². The van der Waals surface area contributed by atoms with E-state index in [1.807, 2.05) is 30.3 Å². The SMILES string of the molecule is CN(C)C(=O)[C@H](CC(=O)OC(C)(C)C)N(C)C(=O)[C@@H](N)Cc1ccccc1. The minimum atomic E-state index is -0.968. The van der Waals surface area contributed by atoms with Crippen molar-refractivity contribution in [2.75, 3.05) is 21.1 Å². The van der Waals surface area contributed by atoms with Gasteiger partial charge in [-0.1, -0.05) is 30.3 Å². The first-order valence-corrected chi connectivity index (χ1v) is 8.91. The van der Waals surface area contributed by atoms with Crippen LogP contribution in [-0.4, -0.2) is 66.4 Å². The maximum atomic E-state index is 12.8. The molecule has 2 N–H and O–H groups in total. The molecule has 0 aromatic heterocycles. The molecule has 0 saturated carbocycles. The fourth-order valence-corrected chi connectivity index (χ4v) is 2.60. The van der Waals surface area contributed by atoms with Gasteiger partial charge >= 0.3 is 5.97 Å². The van der Waals surface area contributed by atoms with Crippen LogP contribution in [-0.2, 0) is 25.5 Å². The Kier molecular flexibility index (Phi) is 7.97. The van der Waals surface area contributed by atoms with Gasteiger partial charge < -0.3 is 20.3 Å². The Balaban J connectivity index is 2.91. The van der Waals surface area contributed by atoms with E-state index in [1.54, 1.807) is 34.9 Å². The molecule has 0 aliphatic heterocycles. The molecule has 0 aliphatic rings. The van der Waals surface area contributed by atoms with E-state index in [0.717, 1.165) is 5.56 Å². The summed E-state index contributed by atoms with van der Waals surface area (Å²) in [6, 6.07) is 7.62. The number of likely N-dealkylation sites (N-methyl/N-ethyl adjacent to an activating group) is 2. The van der Waals surface area contributed by atoms with Crippen molar-refractivity contribution in [2.24, 2.45) is 5.73 Å². The van der Waals surface area contributed by atoms with Gasteiger partial charge in [0.2, 0.25) is 11.8 Å². The Labute approximate surface area is 161 Å². The molecule has 7 nitrogen and oxygen atoms in total. The Bertz CT molecular complexity index is 653. The zero-order valence-electron chi connectivity index (χ0n) is 17.1. The Morgan fingerprint density at radius 3 is 2.07 bits per heavy atom. The molecule has 0 fully saturated rings. The van der Waals surface area contributed by atoms with Gasteiger partial charge in [-0.3, -0.25) is 14.4 Å². The van der Waals surface area contributed by atoms with Crippen molar-refractivity contribution in [1.29, 1.82) is 0 Å². The fourth-order valence-electron chi connectivity index (χ4n) is 2.60. The molecule has 1 aromatic rings. The molecule has 7 heteroatoms. The third kappa shape index (κ3) is 7.38. The number of benzene rings is 1. The van der Waals surface area contributed by atoms with E-state index in [9.17, 15) is 14.4 Å². The van der Waals surface area contributed by atoms with Gasteiger partial charge in [0.25, 0.3) is 0 Å². The highest BCUT2D eigenvalue weighted by Crippen LogP contribution is 2.14. The summed E-state index contributed by atoms with van der Waals surface area (Å²) in [5.41, 5.74) is 6.32. The lowest BCUT2D eigenvalue weighted by Crippen LogP contribution is -2.53. The third-order valence-corrected chi connectivity index (χ3v) is 3.94. The summed E-state index contributed by atoms with van der Waals surface area (Å²) in [6.45, 7) is 5.24. The van der Waals surface area contributed by atoms with E-state index in [4.69, 9.17) is 10.5 Å². The monoisotopic (exact) mass is 377 g/mol. The van der Waals surface area contributed by atoms with E-state index in [-0.39, 0.29) is 12.3 Å². The third-order valence-electron chi connectivity index (χ3n) is 3.94. The van der Waals surface area contributed by atoms with Crippen LogP contribution < -0.4 is 5.73 Å². The zero-order chi connectivity index (χ0) is 20.8. The van der Waals surface area contributed by atoms with Gasteiger partial charge in [0.05, 0.1) is 12.5 Å². The van der Waals surface area contributed by atoms with Gasteiger partial charge in [0.1, 0.15) is 11.6 Å². The smallest absolute Gasteiger partial charge is 0.308 e. The molecule has 0 aliphatic carbocycles. The van der Waals surface area contributed by atoms with Gasteiger partial charge in [-0.2, -0.15) is 0 Å². The van der Waals surface area contributed by atoms with Crippen LogP contribution in [0.3, 0.4) is 0 Å². The van der Waals surface area contributed by atoms with Crippen molar-refractivity contribution in [3.8, 4) is 0 Å². The van der Waals surface area contributed by atoms with Crippen LogP contribution in [0, 0.1) is 0 Å². The van der Waals surface area contributed by atoms with E-state index in [0.29, 0.717) is 6.42 Å². The van der Waals surface area contributed by atoms with Crippen molar-refractivity contribution in [3.63, 3.8) is 0 Å². The predicted octanol–water partition coefficient (Wildman–Crippen LogP) is 1.20. The second-order valence-electron chi connectivity index (χ2n) is 7.78. The van der Waals surface area contributed by atoms with Crippen LogP contribution in [0.2, 0.25) is 0 Å². The van der Waals surface area contributed by atoms with Gasteiger partial charge in [-0.15, -0.1) is 0 Å². The van der Waals surface area contributed by atoms with Gasteiger partial charge in [-0.05, 0) is 32.8 Å². The normalized spacial score (nSPS) is 13.4. The summed E-state index contributed by atoms with van der Waals surface area (Å²) in [5, 5.41) is 0. The summed E-state index contributed by atoms with van der Waals surface area (Å²) in [4.78, 5) is 40.1. The average molecular weight is 377 g/mol. The molecular formula is C20H31N3O4. The molecule has 150 valence electrons. The highest BCUT2D eigenvalue weighted by molar-refractivity contribution is 5.92. The molecule has 0 saturated heterocycles. The quantitative estimate of drug-likeness (QED) is 0.721. The number of nitrogens with zero attached hydrogens (tertiary/aromatic N) is 2. The molecule has 0 heterocycles. The van der Waals surface area contributed by atoms with Crippen LogP contribution in [0.4, 0.5) is 0 Å². The molecule has 0 unspecified atom stereocenters. The number of ether oxygens (including phenoxy) is 1. The fraction of sp³-hybridized carbons (Fsp3) is 0.550. The average Bonchev–Trinajstić information content (AvgIpc) is 2.57. The summed E-state index contributed by atoms with van der Waals surface area (Å²) < 4.78 is 5.31. The minimum absolute atomic E-state index is 0.228. The van der Waals surface area contributed by atoms with E-state index in [1.165, 1.54) is 16.8 Å². The van der Waals surface area contributed by atoms with Crippen LogP contribution in [0.5, 0.6) is 0 Å². The first-order chi connectivity index (χ1) is 12.4. The molecule has 0 bridgehead atoms. The minimum Gasteiger partial charge on any atom is -0.460 e. The highest BCUT2D eigenvalue weighted by Gasteiger charge is 2.34. The second-order valence-corrected chi connectivity index (χ2v) is 7.78. The Morgan fingerprint density at radius 2 is 1.59 bits per heavy atom. The van der Waals surface area contributed by atoms with Crippen LogP contribution in [0.15, 0.2) is 30.3 Å². The number of amides is 2. The summed E-state index contributed by atoms with van der Waals surface area (Å²) >= 11 is 0. The summed E-state index contributed by atoms with van der Waals surface area (Å²) in [7, 11) is 4.64. The van der Waals surface area contributed by atoms with Crippen molar-refractivity contribution >= 4 is 17.8 Å². The highest BCUT2D eigenvalue weighted by atomic mass is 16.6.